The molecule has 110 valence electrons. The van der Waals surface area contributed by atoms with E-state index in [1.165, 1.54) is 0 Å². The summed E-state index contributed by atoms with van der Waals surface area (Å²) in [5, 5.41) is 3.02. The second-order valence-corrected chi connectivity index (χ2v) is 4.84. The van der Waals surface area contributed by atoms with Crippen LogP contribution in [0.5, 0.6) is 11.5 Å². The van der Waals surface area contributed by atoms with Gasteiger partial charge in [0.15, 0.2) is 0 Å². The molecule has 0 aliphatic rings. The Hall–Kier alpha value is -2.49. The fraction of sp³-hybridized carbons (Fsp3) is 0.235. The number of ether oxygens (including phenoxy) is 2. The predicted molar refractivity (Wildman–Crippen MR) is 82.7 cm³/mol. The Balaban J connectivity index is 1.93. The average Bonchev–Trinajstić information content (AvgIpc) is 2.46. The van der Waals surface area contributed by atoms with E-state index in [0.29, 0.717) is 5.75 Å². The van der Waals surface area contributed by atoms with Gasteiger partial charge in [-0.25, -0.2) is 0 Å². The lowest BCUT2D eigenvalue weighted by Gasteiger charge is -2.11. The molecule has 2 rings (SSSR count). The summed E-state index contributed by atoms with van der Waals surface area (Å²) in [6, 6.07) is 17.0. The number of anilines is 1. The quantitative estimate of drug-likeness (QED) is 0.819. The van der Waals surface area contributed by atoms with Crippen molar-refractivity contribution in [3.63, 3.8) is 0 Å². The number of rotatable bonds is 6. The zero-order chi connectivity index (χ0) is 15.1. The van der Waals surface area contributed by atoms with Gasteiger partial charge in [-0.2, -0.15) is 0 Å². The smallest absolute Gasteiger partial charge is 0.325 e. The monoisotopic (exact) mass is 285 g/mol. The third-order valence-electron chi connectivity index (χ3n) is 2.62. The van der Waals surface area contributed by atoms with Crippen LogP contribution in [0, 0.1) is 0 Å². The summed E-state index contributed by atoms with van der Waals surface area (Å²) in [7, 11) is 0. The topological polar surface area (TPSA) is 47.6 Å². The Morgan fingerprint density at radius 2 is 1.76 bits per heavy atom. The van der Waals surface area contributed by atoms with Crippen molar-refractivity contribution < 1.29 is 14.3 Å². The number of para-hydroxylation sites is 1. The van der Waals surface area contributed by atoms with E-state index in [2.05, 4.69) is 5.32 Å². The lowest BCUT2D eigenvalue weighted by molar-refractivity contribution is -0.145. The Morgan fingerprint density at radius 1 is 1.05 bits per heavy atom. The number of benzene rings is 2. The summed E-state index contributed by atoms with van der Waals surface area (Å²) in [4.78, 5) is 11.5. The van der Waals surface area contributed by atoms with Gasteiger partial charge in [0.25, 0.3) is 0 Å². The summed E-state index contributed by atoms with van der Waals surface area (Å²) >= 11 is 0. The molecule has 2 aromatic rings. The number of esters is 1. The number of carbonyl (C=O) groups excluding carboxylic acids is 1. The lowest BCUT2D eigenvalue weighted by atomic mass is 10.3. The van der Waals surface area contributed by atoms with Gasteiger partial charge in [0.1, 0.15) is 18.0 Å². The molecule has 0 aliphatic heterocycles. The third-order valence-corrected chi connectivity index (χ3v) is 2.62. The maximum atomic E-state index is 11.5. The highest BCUT2D eigenvalue weighted by Crippen LogP contribution is 2.23. The van der Waals surface area contributed by atoms with Crippen molar-refractivity contribution in [3.8, 4) is 11.5 Å². The molecule has 2 aromatic carbocycles. The molecule has 0 heterocycles. The molecule has 0 saturated heterocycles. The van der Waals surface area contributed by atoms with Crippen LogP contribution in [0.15, 0.2) is 54.6 Å². The Morgan fingerprint density at radius 3 is 2.48 bits per heavy atom. The van der Waals surface area contributed by atoms with Gasteiger partial charge in [-0.15, -0.1) is 0 Å². The van der Waals surface area contributed by atoms with E-state index >= 15 is 0 Å². The standard InChI is InChI=1S/C17H19NO3/c1-13(2)20-17(19)12-18-14-7-6-10-16(11-14)21-15-8-4-3-5-9-15/h3-11,13,18H,12H2,1-2H3. The molecule has 0 bridgehead atoms. The first-order valence-corrected chi connectivity index (χ1v) is 6.90. The molecule has 1 N–H and O–H groups in total. The van der Waals surface area contributed by atoms with Crippen molar-refractivity contribution >= 4 is 11.7 Å². The van der Waals surface area contributed by atoms with Gasteiger partial charge in [-0.05, 0) is 38.1 Å². The van der Waals surface area contributed by atoms with Crippen LogP contribution in [0.1, 0.15) is 13.8 Å². The highest BCUT2D eigenvalue weighted by atomic mass is 16.5. The first-order chi connectivity index (χ1) is 10.1. The first kappa shape index (κ1) is 14.9. The van der Waals surface area contributed by atoms with Crippen molar-refractivity contribution in [2.45, 2.75) is 20.0 Å². The number of hydrogen-bond acceptors (Lipinski definition) is 4. The normalized spacial score (nSPS) is 10.2. The molecule has 0 fully saturated rings. The minimum Gasteiger partial charge on any atom is -0.462 e. The van der Waals surface area contributed by atoms with Crippen molar-refractivity contribution in [2.75, 3.05) is 11.9 Å². The number of hydrogen-bond donors (Lipinski definition) is 1. The maximum Gasteiger partial charge on any atom is 0.325 e. The van der Waals surface area contributed by atoms with Gasteiger partial charge < -0.3 is 14.8 Å². The van der Waals surface area contributed by atoms with Gasteiger partial charge in [0, 0.05) is 11.8 Å². The average molecular weight is 285 g/mol. The summed E-state index contributed by atoms with van der Waals surface area (Å²) in [5.41, 5.74) is 0.809. The van der Waals surface area contributed by atoms with Crippen LogP contribution in [0.25, 0.3) is 0 Å². The van der Waals surface area contributed by atoms with Crippen LogP contribution in [0.3, 0.4) is 0 Å². The van der Waals surface area contributed by atoms with Gasteiger partial charge in [-0.1, -0.05) is 24.3 Å². The number of nitrogens with one attached hydrogen (secondary N) is 1. The minimum absolute atomic E-state index is 0.105. The fourth-order valence-corrected chi connectivity index (χ4v) is 1.77. The predicted octanol–water partition coefficient (Wildman–Crippen LogP) is 3.84. The zero-order valence-electron chi connectivity index (χ0n) is 12.2. The van der Waals surface area contributed by atoms with Crippen molar-refractivity contribution in [1.29, 1.82) is 0 Å². The van der Waals surface area contributed by atoms with Crippen LogP contribution in [0.2, 0.25) is 0 Å². The van der Waals surface area contributed by atoms with E-state index in [0.717, 1.165) is 11.4 Å². The van der Waals surface area contributed by atoms with Gasteiger partial charge in [0.05, 0.1) is 6.10 Å². The Kier molecular flexibility index (Phi) is 5.21. The molecule has 0 unspecified atom stereocenters. The van der Waals surface area contributed by atoms with Crippen LogP contribution in [0.4, 0.5) is 5.69 Å². The summed E-state index contributed by atoms with van der Waals surface area (Å²) in [5.74, 6) is 1.21. The molecule has 4 nitrogen and oxygen atoms in total. The fourth-order valence-electron chi connectivity index (χ4n) is 1.77. The number of carbonyl (C=O) groups is 1. The van der Waals surface area contributed by atoms with Gasteiger partial charge >= 0.3 is 5.97 Å². The minimum atomic E-state index is -0.278. The van der Waals surface area contributed by atoms with E-state index in [9.17, 15) is 4.79 Å². The molecule has 0 saturated carbocycles. The van der Waals surface area contributed by atoms with Crippen LogP contribution in [-0.2, 0) is 9.53 Å². The molecule has 21 heavy (non-hydrogen) atoms. The molecule has 4 heteroatoms. The van der Waals surface area contributed by atoms with Crippen molar-refractivity contribution in [3.05, 3.63) is 54.6 Å². The first-order valence-electron chi connectivity index (χ1n) is 6.90. The van der Waals surface area contributed by atoms with Crippen molar-refractivity contribution in [1.82, 2.24) is 0 Å². The highest BCUT2D eigenvalue weighted by Gasteiger charge is 2.05. The molecular weight excluding hydrogens is 266 g/mol. The van der Waals surface area contributed by atoms with E-state index < -0.39 is 0 Å². The molecule has 0 aliphatic carbocycles. The lowest BCUT2D eigenvalue weighted by Crippen LogP contribution is -2.20. The molecular formula is C17H19NO3. The van der Waals surface area contributed by atoms with Crippen LogP contribution >= 0.6 is 0 Å². The second-order valence-electron chi connectivity index (χ2n) is 4.84. The SMILES string of the molecule is CC(C)OC(=O)CNc1cccc(Oc2ccccc2)c1. The highest BCUT2D eigenvalue weighted by molar-refractivity contribution is 5.75. The zero-order valence-corrected chi connectivity index (χ0v) is 12.2. The summed E-state index contributed by atoms with van der Waals surface area (Å²) in [6.45, 7) is 3.78. The maximum absolute atomic E-state index is 11.5. The van der Waals surface area contributed by atoms with Crippen LogP contribution in [-0.4, -0.2) is 18.6 Å². The largest absolute Gasteiger partial charge is 0.462 e. The molecule has 0 aromatic heterocycles. The van der Waals surface area contributed by atoms with Crippen molar-refractivity contribution in [2.24, 2.45) is 0 Å². The van der Waals surface area contributed by atoms with E-state index in [-0.39, 0.29) is 18.6 Å². The molecule has 0 radical (unpaired) electrons. The summed E-state index contributed by atoms with van der Waals surface area (Å²) < 4.78 is 10.8. The second kappa shape index (κ2) is 7.33. The van der Waals surface area contributed by atoms with Crippen LogP contribution < -0.4 is 10.1 Å². The molecule has 0 amide bonds. The van der Waals surface area contributed by atoms with E-state index in [1.807, 2.05) is 68.4 Å². The van der Waals surface area contributed by atoms with E-state index in [4.69, 9.17) is 9.47 Å². The Labute approximate surface area is 124 Å². The van der Waals surface area contributed by atoms with E-state index in [1.54, 1.807) is 0 Å². The molecule has 0 spiro atoms. The van der Waals surface area contributed by atoms with Gasteiger partial charge in [0.2, 0.25) is 0 Å². The molecule has 0 atom stereocenters. The Bertz CT molecular complexity index is 582. The third kappa shape index (κ3) is 5.18. The van der Waals surface area contributed by atoms with Gasteiger partial charge in [-0.3, -0.25) is 4.79 Å². The summed E-state index contributed by atoms with van der Waals surface area (Å²) in [6.07, 6.45) is -0.105.